The second kappa shape index (κ2) is 5.28. The van der Waals surface area contributed by atoms with Crippen molar-refractivity contribution in [1.29, 1.82) is 0 Å². The summed E-state index contributed by atoms with van der Waals surface area (Å²) in [5, 5.41) is 13.1. The maximum atomic E-state index is 11.0. The first-order valence-corrected chi connectivity index (χ1v) is 6.54. The van der Waals surface area contributed by atoms with Crippen molar-refractivity contribution in [3.63, 3.8) is 0 Å². The highest BCUT2D eigenvalue weighted by molar-refractivity contribution is 5.70. The van der Waals surface area contributed by atoms with Gasteiger partial charge in [-0.05, 0) is 18.9 Å². The first kappa shape index (κ1) is 12.6. The van der Waals surface area contributed by atoms with E-state index in [4.69, 9.17) is 5.11 Å². The van der Waals surface area contributed by atoms with Crippen LogP contribution in [-0.2, 0) is 4.79 Å². The van der Waals surface area contributed by atoms with Gasteiger partial charge in [-0.15, -0.1) is 0 Å². The van der Waals surface area contributed by atoms with Gasteiger partial charge in [0.15, 0.2) is 5.82 Å². The number of piperidine rings is 1. The molecule has 0 unspecified atom stereocenters. The molecule has 1 saturated heterocycles. The van der Waals surface area contributed by atoms with Crippen molar-refractivity contribution in [2.24, 2.45) is 5.92 Å². The predicted molar refractivity (Wildman–Crippen MR) is 71.7 cm³/mol. The van der Waals surface area contributed by atoms with Crippen molar-refractivity contribution in [2.75, 3.05) is 18.0 Å². The normalized spacial score (nSPS) is 16.3. The average molecular weight is 273 g/mol. The summed E-state index contributed by atoms with van der Waals surface area (Å²) in [6.45, 7) is 1.40. The molecule has 20 heavy (non-hydrogen) atoms. The Balaban J connectivity index is 1.75. The second-order valence-electron chi connectivity index (χ2n) is 4.78. The fourth-order valence-corrected chi connectivity index (χ4v) is 2.40. The van der Waals surface area contributed by atoms with Crippen LogP contribution in [0.1, 0.15) is 12.8 Å². The van der Waals surface area contributed by atoms with Crippen molar-refractivity contribution in [3.05, 3.63) is 30.9 Å². The molecule has 0 bridgehead atoms. The maximum absolute atomic E-state index is 11.0. The number of carboxylic acid groups (broad SMARTS) is 1. The molecule has 0 aromatic carbocycles. The summed E-state index contributed by atoms with van der Waals surface area (Å²) in [6.07, 6.45) is 6.32. The number of aliphatic carboxylic acids is 1. The van der Waals surface area contributed by atoms with Crippen LogP contribution in [0.3, 0.4) is 0 Å². The van der Waals surface area contributed by atoms with E-state index >= 15 is 0 Å². The quantitative estimate of drug-likeness (QED) is 0.896. The number of aromatic nitrogens is 4. The van der Waals surface area contributed by atoms with Gasteiger partial charge in [0.25, 0.3) is 0 Å². The van der Waals surface area contributed by atoms with Crippen molar-refractivity contribution in [2.45, 2.75) is 12.8 Å². The molecule has 7 nitrogen and oxygen atoms in total. The Kier molecular flexibility index (Phi) is 3.32. The van der Waals surface area contributed by atoms with Crippen molar-refractivity contribution in [1.82, 2.24) is 19.7 Å². The smallest absolute Gasteiger partial charge is 0.306 e. The average Bonchev–Trinajstić information content (AvgIpc) is 3.02. The Morgan fingerprint density at radius 1 is 1.25 bits per heavy atom. The first-order chi connectivity index (χ1) is 9.74. The lowest BCUT2D eigenvalue weighted by Crippen LogP contribution is -2.36. The highest BCUT2D eigenvalue weighted by Crippen LogP contribution is 2.22. The number of hydrogen-bond donors (Lipinski definition) is 1. The molecule has 0 amide bonds. The number of nitrogens with zero attached hydrogens (tertiary/aromatic N) is 5. The number of carboxylic acids is 1. The minimum absolute atomic E-state index is 0.237. The van der Waals surface area contributed by atoms with E-state index < -0.39 is 5.97 Å². The van der Waals surface area contributed by atoms with E-state index in [1.807, 2.05) is 18.3 Å². The highest BCUT2D eigenvalue weighted by Gasteiger charge is 2.25. The number of rotatable bonds is 3. The molecule has 0 saturated carbocycles. The molecule has 3 heterocycles. The molecule has 1 aliphatic heterocycles. The Morgan fingerprint density at radius 3 is 2.65 bits per heavy atom. The van der Waals surface area contributed by atoms with Gasteiger partial charge in [0.05, 0.1) is 5.92 Å². The minimum atomic E-state index is -0.704. The molecule has 0 aliphatic carbocycles. The van der Waals surface area contributed by atoms with Gasteiger partial charge in [-0.1, -0.05) is 0 Å². The van der Waals surface area contributed by atoms with Gasteiger partial charge < -0.3 is 10.0 Å². The van der Waals surface area contributed by atoms with E-state index in [2.05, 4.69) is 20.0 Å². The molecule has 104 valence electrons. The zero-order valence-corrected chi connectivity index (χ0v) is 10.9. The molecule has 0 atom stereocenters. The fraction of sp³-hybridized carbons (Fsp3) is 0.385. The lowest BCUT2D eigenvalue weighted by atomic mass is 9.97. The molecule has 0 radical (unpaired) electrons. The van der Waals surface area contributed by atoms with Gasteiger partial charge in [0.1, 0.15) is 12.1 Å². The monoisotopic (exact) mass is 273 g/mol. The van der Waals surface area contributed by atoms with Gasteiger partial charge in [0.2, 0.25) is 0 Å². The summed E-state index contributed by atoms with van der Waals surface area (Å²) in [5.41, 5.74) is 0. The lowest BCUT2D eigenvalue weighted by Gasteiger charge is -2.30. The second-order valence-corrected chi connectivity index (χ2v) is 4.78. The summed E-state index contributed by atoms with van der Waals surface area (Å²) < 4.78 is 1.68. The maximum Gasteiger partial charge on any atom is 0.306 e. The standard InChI is InChI=1S/C13H15N5O2/c19-13(20)10-2-6-17(7-3-10)11-8-12(15-9-14-11)18-5-1-4-16-18/h1,4-5,8-10H,2-3,6-7H2,(H,19,20). The fourth-order valence-electron chi connectivity index (χ4n) is 2.40. The molecular weight excluding hydrogens is 258 g/mol. The molecule has 7 heteroatoms. The van der Waals surface area contributed by atoms with Crippen LogP contribution in [0.5, 0.6) is 0 Å². The Labute approximate surface area is 115 Å². The summed E-state index contributed by atoms with van der Waals surface area (Å²) in [6, 6.07) is 3.70. The van der Waals surface area contributed by atoms with E-state index in [-0.39, 0.29) is 5.92 Å². The largest absolute Gasteiger partial charge is 0.481 e. The van der Waals surface area contributed by atoms with E-state index in [0.29, 0.717) is 31.7 Å². The third kappa shape index (κ3) is 2.47. The van der Waals surface area contributed by atoms with Crippen LogP contribution in [0.15, 0.2) is 30.9 Å². The highest BCUT2D eigenvalue weighted by atomic mass is 16.4. The molecule has 1 N–H and O–H groups in total. The molecule has 0 spiro atoms. The summed E-state index contributed by atoms with van der Waals surface area (Å²) in [5.74, 6) is 0.581. The molecule has 2 aromatic heterocycles. The van der Waals surface area contributed by atoms with Crippen LogP contribution in [0.4, 0.5) is 5.82 Å². The molecule has 1 fully saturated rings. The lowest BCUT2D eigenvalue weighted by molar-refractivity contribution is -0.142. The van der Waals surface area contributed by atoms with Crippen LogP contribution in [-0.4, -0.2) is 43.9 Å². The summed E-state index contributed by atoms with van der Waals surface area (Å²) in [7, 11) is 0. The van der Waals surface area contributed by atoms with Crippen LogP contribution in [0, 0.1) is 5.92 Å². The SMILES string of the molecule is O=C(O)C1CCN(c2cc(-n3cccn3)ncn2)CC1. The van der Waals surface area contributed by atoms with E-state index in [9.17, 15) is 4.79 Å². The first-order valence-electron chi connectivity index (χ1n) is 6.54. The molecule has 3 rings (SSSR count). The van der Waals surface area contributed by atoms with Gasteiger partial charge >= 0.3 is 5.97 Å². The Hall–Kier alpha value is -2.44. The zero-order chi connectivity index (χ0) is 13.9. The van der Waals surface area contributed by atoms with Crippen LogP contribution < -0.4 is 4.90 Å². The molecule has 1 aliphatic rings. The zero-order valence-electron chi connectivity index (χ0n) is 10.9. The number of carbonyl (C=O) groups is 1. The predicted octanol–water partition coefficient (Wildman–Crippen LogP) is 0.963. The topological polar surface area (TPSA) is 84.1 Å². The van der Waals surface area contributed by atoms with Crippen LogP contribution in [0.2, 0.25) is 0 Å². The van der Waals surface area contributed by atoms with Crippen LogP contribution in [0.25, 0.3) is 5.82 Å². The number of hydrogen-bond acceptors (Lipinski definition) is 5. The number of anilines is 1. The van der Waals surface area contributed by atoms with Gasteiger partial charge in [-0.3, -0.25) is 4.79 Å². The third-order valence-electron chi connectivity index (χ3n) is 3.55. The summed E-state index contributed by atoms with van der Waals surface area (Å²) >= 11 is 0. The van der Waals surface area contributed by atoms with E-state index in [1.165, 1.54) is 6.33 Å². The van der Waals surface area contributed by atoms with E-state index in [0.717, 1.165) is 5.82 Å². The third-order valence-corrected chi connectivity index (χ3v) is 3.55. The van der Waals surface area contributed by atoms with Crippen molar-refractivity contribution in [3.8, 4) is 5.82 Å². The minimum Gasteiger partial charge on any atom is -0.481 e. The van der Waals surface area contributed by atoms with Crippen molar-refractivity contribution < 1.29 is 9.90 Å². The van der Waals surface area contributed by atoms with Gasteiger partial charge in [0, 0.05) is 31.5 Å². The summed E-state index contributed by atoms with van der Waals surface area (Å²) in [4.78, 5) is 21.5. The van der Waals surface area contributed by atoms with Crippen molar-refractivity contribution >= 4 is 11.8 Å². The Morgan fingerprint density at radius 2 is 2.00 bits per heavy atom. The molecular formula is C13H15N5O2. The van der Waals surface area contributed by atoms with Crippen LogP contribution >= 0.6 is 0 Å². The Bertz CT molecular complexity index is 591. The van der Waals surface area contributed by atoms with Gasteiger partial charge in [-0.2, -0.15) is 5.10 Å². The van der Waals surface area contributed by atoms with E-state index in [1.54, 1.807) is 10.9 Å². The molecule has 2 aromatic rings. The van der Waals surface area contributed by atoms with Gasteiger partial charge in [-0.25, -0.2) is 14.6 Å².